The summed E-state index contributed by atoms with van der Waals surface area (Å²) in [5.41, 5.74) is 1.37. The van der Waals surface area contributed by atoms with Crippen LogP contribution >= 0.6 is 15.9 Å². The third-order valence-corrected chi connectivity index (χ3v) is 5.28. The minimum Gasteiger partial charge on any atom is -0.492 e. The summed E-state index contributed by atoms with van der Waals surface area (Å²) in [5.74, 6) is 0.851. The maximum atomic E-state index is 12.5. The van der Waals surface area contributed by atoms with Crippen LogP contribution in [0.3, 0.4) is 0 Å². The first-order valence-electron chi connectivity index (χ1n) is 8.83. The predicted molar refractivity (Wildman–Crippen MR) is 104 cm³/mol. The molecule has 1 saturated heterocycles. The van der Waals surface area contributed by atoms with Gasteiger partial charge in [-0.3, -0.25) is 9.69 Å². The molecular weight excluding hydrogens is 378 g/mol. The van der Waals surface area contributed by atoms with Gasteiger partial charge in [0.2, 0.25) is 0 Å². The average Bonchev–Trinajstić information content (AvgIpc) is 3.09. The van der Waals surface area contributed by atoms with Crippen LogP contribution in [-0.4, -0.2) is 35.9 Å². The Bertz CT molecular complexity index is 710. The van der Waals surface area contributed by atoms with Crippen LogP contribution in [0.2, 0.25) is 0 Å². The zero-order chi connectivity index (χ0) is 17.8. The Morgan fingerprint density at radius 3 is 2.32 bits per heavy atom. The zero-order valence-electron chi connectivity index (χ0n) is 14.7. The molecule has 0 aliphatic carbocycles. The van der Waals surface area contributed by atoms with Gasteiger partial charge in [0.1, 0.15) is 12.4 Å². The summed E-state index contributed by atoms with van der Waals surface area (Å²) >= 11 is 3.39. The molecule has 0 unspecified atom stereocenters. The number of carbonyl (C=O) groups is 1. The zero-order valence-corrected chi connectivity index (χ0v) is 16.3. The number of halogens is 1. The quantitative estimate of drug-likeness (QED) is 0.642. The molecule has 1 aliphatic heterocycles. The molecule has 1 aliphatic rings. The highest BCUT2D eigenvalue weighted by atomic mass is 79.9. The SMILES string of the molecule is CC(C)N1CCC[C@@H]1COc1ccc(C(=O)c2ccc(Br)cc2)cc1. The number of hydrogen-bond donors (Lipinski definition) is 0. The van der Waals surface area contributed by atoms with Gasteiger partial charge < -0.3 is 4.74 Å². The van der Waals surface area contributed by atoms with Gasteiger partial charge in [-0.15, -0.1) is 0 Å². The van der Waals surface area contributed by atoms with E-state index in [0.29, 0.717) is 29.8 Å². The van der Waals surface area contributed by atoms with Crippen LogP contribution in [0.4, 0.5) is 0 Å². The Labute approximate surface area is 158 Å². The first-order valence-corrected chi connectivity index (χ1v) is 9.63. The molecule has 1 heterocycles. The van der Waals surface area contributed by atoms with E-state index in [2.05, 4.69) is 34.7 Å². The van der Waals surface area contributed by atoms with Crippen LogP contribution in [0.15, 0.2) is 53.0 Å². The largest absolute Gasteiger partial charge is 0.492 e. The number of ketones is 1. The molecule has 2 aromatic carbocycles. The molecule has 0 spiro atoms. The van der Waals surface area contributed by atoms with E-state index in [4.69, 9.17) is 4.74 Å². The topological polar surface area (TPSA) is 29.5 Å². The molecule has 2 aromatic rings. The second-order valence-corrected chi connectivity index (χ2v) is 7.71. The molecular formula is C21H24BrNO2. The summed E-state index contributed by atoms with van der Waals surface area (Å²) in [6.07, 6.45) is 2.44. The third-order valence-electron chi connectivity index (χ3n) is 4.75. The molecule has 3 nitrogen and oxygen atoms in total. The van der Waals surface area contributed by atoms with Crippen molar-refractivity contribution >= 4 is 21.7 Å². The number of nitrogens with zero attached hydrogens (tertiary/aromatic N) is 1. The molecule has 0 radical (unpaired) electrons. The molecule has 1 atom stereocenters. The maximum absolute atomic E-state index is 12.5. The number of carbonyl (C=O) groups excluding carboxylic acids is 1. The van der Waals surface area contributed by atoms with E-state index in [9.17, 15) is 4.79 Å². The first-order chi connectivity index (χ1) is 12.0. The number of rotatable bonds is 6. The first kappa shape index (κ1) is 18.2. The third kappa shape index (κ3) is 4.50. The summed E-state index contributed by atoms with van der Waals surface area (Å²) in [4.78, 5) is 15.0. The Balaban J connectivity index is 1.60. The Kier molecular flexibility index (Phi) is 5.92. The molecule has 3 rings (SSSR count). The van der Waals surface area contributed by atoms with Crippen LogP contribution in [-0.2, 0) is 0 Å². The average molecular weight is 402 g/mol. The lowest BCUT2D eigenvalue weighted by Gasteiger charge is -2.28. The second-order valence-electron chi connectivity index (χ2n) is 6.80. The summed E-state index contributed by atoms with van der Waals surface area (Å²) < 4.78 is 6.94. The van der Waals surface area contributed by atoms with Crippen molar-refractivity contribution < 1.29 is 9.53 Å². The monoisotopic (exact) mass is 401 g/mol. The molecule has 0 saturated carbocycles. The summed E-state index contributed by atoms with van der Waals surface area (Å²) in [7, 11) is 0. The molecule has 132 valence electrons. The highest BCUT2D eigenvalue weighted by Gasteiger charge is 2.26. The molecule has 4 heteroatoms. The van der Waals surface area contributed by atoms with E-state index in [1.807, 2.05) is 48.5 Å². The van der Waals surface area contributed by atoms with Gasteiger partial charge in [0.15, 0.2) is 5.78 Å². The number of ether oxygens (including phenoxy) is 1. The van der Waals surface area contributed by atoms with E-state index in [-0.39, 0.29) is 5.78 Å². The van der Waals surface area contributed by atoms with Crippen molar-refractivity contribution in [2.24, 2.45) is 0 Å². The molecule has 25 heavy (non-hydrogen) atoms. The molecule has 0 amide bonds. The van der Waals surface area contributed by atoms with Crippen LogP contribution in [0.1, 0.15) is 42.6 Å². The number of likely N-dealkylation sites (tertiary alicyclic amines) is 1. The van der Waals surface area contributed by atoms with Gasteiger partial charge in [-0.1, -0.05) is 15.9 Å². The lowest BCUT2D eigenvalue weighted by atomic mass is 10.0. The van der Waals surface area contributed by atoms with Crippen molar-refractivity contribution in [1.82, 2.24) is 4.90 Å². The van der Waals surface area contributed by atoms with Gasteiger partial charge in [0.25, 0.3) is 0 Å². The minimum absolute atomic E-state index is 0.0285. The molecule has 0 bridgehead atoms. The highest BCUT2D eigenvalue weighted by Crippen LogP contribution is 2.22. The van der Waals surface area contributed by atoms with E-state index in [1.165, 1.54) is 12.8 Å². The van der Waals surface area contributed by atoms with Crippen LogP contribution < -0.4 is 4.74 Å². The van der Waals surface area contributed by atoms with Crippen molar-refractivity contribution in [2.75, 3.05) is 13.2 Å². The van der Waals surface area contributed by atoms with Gasteiger partial charge in [0.05, 0.1) is 0 Å². The van der Waals surface area contributed by atoms with Crippen molar-refractivity contribution in [3.8, 4) is 5.75 Å². The summed E-state index contributed by atoms with van der Waals surface area (Å²) in [6.45, 7) is 6.34. The van der Waals surface area contributed by atoms with E-state index >= 15 is 0 Å². The van der Waals surface area contributed by atoms with Crippen molar-refractivity contribution in [2.45, 2.75) is 38.8 Å². The van der Waals surface area contributed by atoms with E-state index in [1.54, 1.807) is 0 Å². The van der Waals surface area contributed by atoms with Gasteiger partial charge in [0, 0.05) is 27.7 Å². The summed E-state index contributed by atoms with van der Waals surface area (Å²) in [6, 6.07) is 15.9. The standard InChI is InChI=1S/C21H24BrNO2/c1-15(2)23-13-3-4-19(23)14-25-20-11-7-17(8-12-20)21(24)16-5-9-18(22)10-6-16/h5-12,15,19H,3-4,13-14H2,1-2H3/t19-/m1/s1. The van der Waals surface area contributed by atoms with Crippen molar-refractivity contribution in [3.63, 3.8) is 0 Å². The molecule has 0 aromatic heterocycles. The maximum Gasteiger partial charge on any atom is 0.193 e. The number of hydrogen-bond acceptors (Lipinski definition) is 3. The van der Waals surface area contributed by atoms with Gasteiger partial charge in [-0.2, -0.15) is 0 Å². The van der Waals surface area contributed by atoms with Crippen LogP contribution in [0, 0.1) is 0 Å². The predicted octanol–water partition coefficient (Wildman–Crippen LogP) is 4.93. The van der Waals surface area contributed by atoms with Crippen LogP contribution in [0.5, 0.6) is 5.75 Å². The van der Waals surface area contributed by atoms with Gasteiger partial charge >= 0.3 is 0 Å². The molecule has 0 N–H and O–H groups in total. The fourth-order valence-corrected chi connectivity index (χ4v) is 3.64. The lowest BCUT2D eigenvalue weighted by molar-refractivity contribution is 0.103. The van der Waals surface area contributed by atoms with Crippen LogP contribution in [0.25, 0.3) is 0 Å². The minimum atomic E-state index is 0.0285. The van der Waals surface area contributed by atoms with Crippen molar-refractivity contribution in [1.29, 1.82) is 0 Å². The summed E-state index contributed by atoms with van der Waals surface area (Å²) in [5, 5.41) is 0. The van der Waals surface area contributed by atoms with Gasteiger partial charge in [-0.05, 0) is 81.8 Å². The Hall–Kier alpha value is -1.65. The normalized spacial score (nSPS) is 17.8. The fraction of sp³-hybridized carbons (Fsp3) is 0.381. The fourth-order valence-electron chi connectivity index (χ4n) is 3.38. The Morgan fingerprint density at radius 2 is 1.72 bits per heavy atom. The van der Waals surface area contributed by atoms with E-state index in [0.717, 1.165) is 16.8 Å². The smallest absolute Gasteiger partial charge is 0.193 e. The number of benzene rings is 2. The molecule has 1 fully saturated rings. The van der Waals surface area contributed by atoms with Gasteiger partial charge in [-0.25, -0.2) is 0 Å². The van der Waals surface area contributed by atoms with Crippen molar-refractivity contribution in [3.05, 3.63) is 64.1 Å². The van der Waals surface area contributed by atoms with E-state index < -0.39 is 0 Å². The Morgan fingerprint density at radius 1 is 1.12 bits per heavy atom. The lowest BCUT2D eigenvalue weighted by Crippen LogP contribution is -2.39. The highest BCUT2D eigenvalue weighted by molar-refractivity contribution is 9.10. The second kappa shape index (κ2) is 8.15.